The molecule has 0 unspecified atom stereocenters. The molecule has 2 aliphatic heterocycles. The summed E-state index contributed by atoms with van der Waals surface area (Å²) >= 11 is 0. The van der Waals surface area contributed by atoms with E-state index in [2.05, 4.69) is 14.5 Å². The Bertz CT molecular complexity index is 723. The van der Waals surface area contributed by atoms with Crippen LogP contribution in [-0.4, -0.2) is 68.7 Å². The molecule has 1 aromatic rings. The van der Waals surface area contributed by atoms with Gasteiger partial charge in [0.25, 0.3) is 5.91 Å². The summed E-state index contributed by atoms with van der Waals surface area (Å²) in [4.78, 5) is 30.5. The minimum atomic E-state index is -5.08. The Morgan fingerprint density at radius 1 is 1.07 bits per heavy atom. The summed E-state index contributed by atoms with van der Waals surface area (Å²) in [6.07, 6.45) is 4.59. The van der Waals surface area contributed by atoms with Crippen LogP contribution in [0.1, 0.15) is 54.8 Å². The summed E-state index contributed by atoms with van der Waals surface area (Å²) < 4.78 is 33.9. The third-order valence-electron chi connectivity index (χ3n) is 5.79. The molecule has 2 fully saturated rings. The average Bonchev–Trinajstić information content (AvgIpc) is 3.42. The van der Waals surface area contributed by atoms with Gasteiger partial charge in [-0.05, 0) is 31.6 Å². The number of nitrogens with zero attached hydrogens (tertiary/aromatic N) is 4. The zero-order chi connectivity index (χ0) is 21.0. The van der Waals surface area contributed by atoms with Gasteiger partial charge in [0.2, 0.25) is 0 Å². The van der Waals surface area contributed by atoms with Gasteiger partial charge in [-0.3, -0.25) is 9.69 Å². The molecular formula is C19H27F3N4O3. The van der Waals surface area contributed by atoms with Crippen molar-refractivity contribution in [1.82, 2.24) is 19.4 Å². The van der Waals surface area contributed by atoms with Crippen molar-refractivity contribution in [2.45, 2.75) is 57.8 Å². The first-order valence-corrected chi connectivity index (χ1v) is 10.1. The van der Waals surface area contributed by atoms with E-state index in [9.17, 15) is 18.0 Å². The molecule has 7 nitrogen and oxygen atoms in total. The molecule has 1 N–H and O–H groups in total. The van der Waals surface area contributed by atoms with Crippen molar-refractivity contribution in [2.75, 3.05) is 26.2 Å². The van der Waals surface area contributed by atoms with Crippen molar-refractivity contribution >= 4 is 11.9 Å². The van der Waals surface area contributed by atoms with Crippen LogP contribution >= 0.6 is 0 Å². The number of aromatic nitrogens is 2. The van der Waals surface area contributed by atoms with E-state index in [4.69, 9.17) is 9.90 Å². The number of imidazole rings is 1. The topological polar surface area (TPSA) is 78.7 Å². The third-order valence-corrected chi connectivity index (χ3v) is 5.79. The lowest BCUT2D eigenvalue weighted by atomic mass is 10.1. The molecule has 3 aliphatic rings. The Hall–Kier alpha value is -2.10. The van der Waals surface area contributed by atoms with Crippen LogP contribution in [0.15, 0.2) is 6.20 Å². The Labute approximate surface area is 167 Å². The van der Waals surface area contributed by atoms with E-state index in [0.29, 0.717) is 0 Å². The number of amides is 1. The SMILES string of the molecule is O=C(O)C(F)(F)F.O=C(c1cnc2n1CCN(CC1CCCC1)C2)N1CCCC1. The molecule has 1 aromatic heterocycles. The Balaban J connectivity index is 0.000000298. The van der Waals surface area contributed by atoms with Gasteiger partial charge in [-0.15, -0.1) is 0 Å². The quantitative estimate of drug-likeness (QED) is 0.820. The predicted octanol–water partition coefficient (Wildman–Crippen LogP) is 2.76. The highest BCUT2D eigenvalue weighted by Crippen LogP contribution is 2.27. The van der Waals surface area contributed by atoms with Gasteiger partial charge in [-0.2, -0.15) is 13.2 Å². The second-order valence-corrected chi connectivity index (χ2v) is 7.90. The summed E-state index contributed by atoms with van der Waals surface area (Å²) in [6, 6.07) is 0. The van der Waals surface area contributed by atoms with Crippen molar-refractivity contribution in [1.29, 1.82) is 0 Å². The largest absolute Gasteiger partial charge is 0.490 e. The summed E-state index contributed by atoms with van der Waals surface area (Å²) in [7, 11) is 0. The summed E-state index contributed by atoms with van der Waals surface area (Å²) in [5, 5.41) is 7.12. The molecule has 0 bridgehead atoms. The first-order valence-electron chi connectivity index (χ1n) is 10.1. The van der Waals surface area contributed by atoms with Crippen LogP contribution in [0.4, 0.5) is 13.2 Å². The van der Waals surface area contributed by atoms with Crippen molar-refractivity contribution in [2.24, 2.45) is 5.92 Å². The molecule has 0 atom stereocenters. The first kappa shape index (κ1) is 21.6. The number of fused-ring (bicyclic) bond motifs is 1. The number of halogens is 3. The molecule has 0 radical (unpaired) electrons. The lowest BCUT2D eigenvalue weighted by molar-refractivity contribution is -0.192. The van der Waals surface area contributed by atoms with Gasteiger partial charge >= 0.3 is 12.1 Å². The van der Waals surface area contributed by atoms with Gasteiger partial charge in [-0.1, -0.05) is 12.8 Å². The van der Waals surface area contributed by atoms with Gasteiger partial charge in [-0.25, -0.2) is 9.78 Å². The average molecular weight is 416 g/mol. The van der Waals surface area contributed by atoms with Gasteiger partial charge in [0.05, 0.1) is 12.7 Å². The van der Waals surface area contributed by atoms with Gasteiger partial charge in [0.15, 0.2) is 0 Å². The standard InChI is InChI=1S/C17H26N4O.C2HF3O2/c22-17(20-7-3-4-8-20)15-11-18-16-13-19(9-10-21(15)16)12-14-5-1-2-6-14;3-2(4,5)1(6)7/h11,14H,1-10,12-13H2;(H,6,7). The number of rotatable bonds is 3. The molecule has 3 heterocycles. The number of carbonyl (C=O) groups excluding carboxylic acids is 1. The lowest BCUT2D eigenvalue weighted by Crippen LogP contribution is -2.38. The van der Waals surface area contributed by atoms with Crippen molar-refractivity contribution in [3.05, 3.63) is 17.7 Å². The summed E-state index contributed by atoms with van der Waals surface area (Å²) in [6.45, 7) is 5.91. The molecular weight excluding hydrogens is 389 g/mol. The number of alkyl halides is 3. The number of carboxylic acids is 1. The molecule has 10 heteroatoms. The van der Waals surface area contributed by atoms with Crippen LogP contribution < -0.4 is 0 Å². The fourth-order valence-electron chi connectivity index (χ4n) is 4.28. The number of hydrogen-bond acceptors (Lipinski definition) is 4. The Morgan fingerprint density at radius 2 is 1.69 bits per heavy atom. The van der Waals surface area contributed by atoms with Crippen LogP contribution in [0.2, 0.25) is 0 Å². The van der Waals surface area contributed by atoms with Crippen LogP contribution in [0.3, 0.4) is 0 Å². The van der Waals surface area contributed by atoms with E-state index in [0.717, 1.165) is 63.0 Å². The first-order chi connectivity index (χ1) is 13.8. The molecule has 4 rings (SSSR count). The fraction of sp³-hybridized carbons (Fsp3) is 0.737. The maximum Gasteiger partial charge on any atom is 0.490 e. The molecule has 1 amide bonds. The highest BCUT2D eigenvalue weighted by molar-refractivity contribution is 5.92. The fourth-order valence-corrected chi connectivity index (χ4v) is 4.28. The summed E-state index contributed by atoms with van der Waals surface area (Å²) in [5.41, 5.74) is 0.803. The molecule has 29 heavy (non-hydrogen) atoms. The predicted molar refractivity (Wildman–Crippen MR) is 98.3 cm³/mol. The molecule has 1 saturated heterocycles. The third kappa shape index (κ3) is 5.49. The number of hydrogen-bond donors (Lipinski definition) is 1. The second kappa shape index (κ2) is 9.15. The monoisotopic (exact) mass is 416 g/mol. The number of carboxylic acid groups (broad SMARTS) is 1. The number of aliphatic carboxylic acids is 1. The molecule has 0 aromatic carbocycles. The molecule has 1 saturated carbocycles. The van der Waals surface area contributed by atoms with Crippen LogP contribution in [0.5, 0.6) is 0 Å². The van der Waals surface area contributed by atoms with E-state index in [1.165, 1.54) is 32.2 Å². The number of carbonyl (C=O) groups is 2. The Morgan fingerprint density at radius 3 is 2.28 bits per heavy atom. The van der Waals surface area contributed by atoms with Crippen LogP contribution in [-0.2, 0) is 17.9 Å². The zero-order valence-corrected chi connectivity index (χ0v) is 16.3. The highest BCUT2D eigenvalue weighted by Gasteiger charge is 2.38. The lowest BCUT2D eigenvalue weighted by Gasteiger charge is -2.30. The Kier molecular flexibility index (Phi) is 6.81. The normalized spacial score (nSPS) is 20.3. The zero-order valence-electron chi connectivity index (χ0n) is 16.3. The molecule has 1 aliphatic carbocycles. The van der Waals surface area contributed by atoms with E-state index >= 15 is 0 Å². The van der Waals surface area contributed by atoms with E-state index < -0.39 is 12.1 Å². The van der Waals surface area contributed by atoms with Gasteiger partial charge in [0, 0.05) is 32.7 Å². The van der Waals surface area contributed by atoms with Crippen molar-refractivity contribution in [3.63, 3.8) is 0 Å². The van der Waals surface area contributed by atoms with Gasteiger partial charge in [0.1, 0.15) is 11.5 Å². The highest BCUT2D eigenvalue weighted by atomic mass is 19.4. The van der Waals surface area contributed by atoms with Crippen LogP contribution in [0.25, 0.3) is 0 Å². The van der Waals surface area contributed by atoms with Gasteiger partial charge < -0.3 is 14.6 Å². The second-order valence-electron chi connectivity index (χ2n) is 7.90. The minimum absolute atomic E-state index is 0.181. The molecule has 162 valence electrons. The number of likely N-dealkylation sites (tertiary alicyclic amines) is 1. The van der Waals surface area contributed by atoms with E-state index in [-0.39, 0.29) is 5.91 Å². The van der Waals surface area contributed by atoms with Crippen molar-refractivity contribution < 1.29 is 27.9 Å². The minimum Gasteiger partial charge on any atom is -0.475 e. The molecule has 0 spiro atoms. The van der Waals surface area contributed by atoms with Crippen LogP contribution in [0, 0.1) is 5.92 Å². The van der Waals surface area contributed by atoms with Crippen molar-refractivity contribution in [3.8, 4) is 0 Å². The maximum absolute atomic E-state index is 12.6. The van der Waals surface area contributed by atoms with E-state index in [1.54, 1.807) is 6.20 Å². The van der Waals surface area contributed by atoms with E-state index in [1.807, 2.05) is 4.90 Å². The summed E-state index contributed by atoms with van der Waals surface area (Å²) in [5.74, 6) is -0.619. The smallest absolute Gasteiger partial charge is 0.475 e. The maximum atomic E-state index is 12.6.